The zero-order valence-corrected chi connectivity index (χ0v) is 6.32. The van der Waals surface area contributed by atoms with Crippen molar-refractivity contribution in [2.75, 3.05) is 6.54 Å². The second-order valence-corrected chi connectivity index (χ2v) is 2.74. The molecule has 0 atom stereocenters. The number of nitrogens with one attached hydrogen (secondary N) is 1. The molecule has 0 aliphatic rings. The monoisotopic (exact) mass is 131 g/mol. The molecule has 0 spiro atoms. The van der Waals surface area contributed by atoms with Gasteiger partial charge in [-0.05, 0) is 20.8 Å². The van der Waals surface area contributed by atoms with Crippen LogP contribution < -0.4 is 11.1 Å². The first kappa shape index (κ1) is 8.43. The van der Waals surface area contributed by atoms with Gasteiger partial charge in [0.05, 0.1) is 0 Å². The van der Waals surface area contributed by atoms with Gasteiger partial charge in [0.25, 0.3) is 5.91 Å². The van der Waals surface area contributed by atoms with E-state index in [2.05, 4.69) is 11.1 Å². The number of hydrogen-bond acceptors (Lipinski definition) is 1. The Kier molecular flexibility index (Phi) is 2.65. The topological polar surface area (TPSA) is 56.7 Å². The highest BCUT2D eigenvalue weighted by Crippen LogP contribution is 1.90. The Morgan fingerprint density at radius 3 is 2.22 bits per heavy atom. The van der Waals surface area contributed by atoms with Crippen LogP contribution in [-0.4, -0.2) is 18.0 Å². The lowest BCUT2D eigenvalue weighted by atomic mass is 10.1. The van der Waals surface area contributed by atoms with E-state index in [-0.39, 0.29) is 5.91 Å². The van der Waals surface area contributed by atoms with Crippen LogP contribution in [0.1, 0.15) is 20.8 Å². The van der Waals surface area contributed by atoms with Gasteiger partial charge >= 0.3 is 0 Å². The quantitative estimate of drug-likeness (QED) is 0.503. The molecule has 0 unspecified atom stereocenters. The van der Waals surface area contributed by atoms with E-state index >= 15 is 0 Å². The summed E-state index contributed by atoms with van der Waals surface area (Å²) >= 11 is 0. The molecule has 3 heteroatoms. The van der Waals surface area contributed by atoms with Crippen molar-refractivity contribution in [3.63, 3.8) is 0 Å². The molecule has 0 heterocycles. The van der Waals surface area contributed by atoms with Crippen molar-refractivity contribution in [3.05, 3.63) is 0 Å². The van der Waals surface area contributed by atoms with Gasteiger partial charge in [-0.2, -0.15) is 0 Å². The highest BCUT2D eigenvalue weighted by Gasteiger charge is 2.24. The Bertz CT molecular complexity index is 104. The van der Waals surface area contributed by atoms with Gasteiger partial charge in [-0.3, -0.25) is 4.79 Å². The minimum Gasteiger partial charge on any atom is -0.351 e. The van der Waals surface area contributed by atoms with Gasteiger partial charge in [0.15, 0.2) is 5.54 Å². The van der Waals surface area contributed by atoms with Gasteiger partial charge in [-0.1, -0.05) is 0 Å². The molecule has 0 saturated heterocycles. The number of rotatable bonds is 2. The van der Waals surface area contributed by atoms with Gasteiger partial charge in [0.1, 0.15) is 0 Å². The van der Waals surface area contributed by atoms with Crippen molar-refractivity contribution >= 4 is 5.91 Å². The lowest BCUT2D eigenvalue weighted by Gasteiger charge is -2.12. The molecule has 1 amide bonds. The predicted molar refractivity (Wildman–Crippen MR) is 35.7 cm³/mol. The van der Waals surface area contributed by atoms with Crippen LogP contribution in [0.25, 0.3) is 0 Å². The van der Waals surface area contributed by atoms with E-state index in [4.69, 9.17) is 0 Å². The van der Waals surface area contributed by atoms with Gasteiger partial charge in [-0.15, -0.1) is 0 Å². The average Bonchev–Trinajstić information content (AvgIpc) is 1.64. The summed E-state index contributed by atoms with van der Waals surface area (Å²) in [6.45, 7) is 6.15. The van der Waals surface area contributed by atoms with E-state index in [1.165, 1.54) is 0 Å². The number of likely N-dealkylation sites (N-methyl/N-ethyl adjacent to an activating group) is 1. The Balaban J connectivity index is 3.74. The van der Waals surface area contributed by atoms with Crippen LogP contribution in [-0.2, 0) is 4.79 Å². The summed E-state index contributed by atoms with van der Waals surface area (Å²) in [6, 6.07) is 0. The van der Waals surface area contributed by atoms with E-state index in [1.54, 1.807) is 13.8 Å². The van der Waals surface area contributed by atoms with E-state index < -0.39 is 5.54 Å². The Morgan fingerprint density at radius 2 is 2.11 bits per heavy atom. The molecule has 0 radical (unpaired) electrons. The van der Waals surface area contributed by atoms with Crippen molar-refractivity contribution in [1.29, 1.82) is 0 Å². The van der Waals surface area contributed by atoms with Crippen LogP contribution >= 0.6 is 0 Å². The van der Waals surface area contributed by atoms with E-state index in [0.717, 1.165) is 0 Å². The largest absolute Gasteiger partial charge is 0.351 e. The minimum atomic E-state index is -0.490. The van der Waals surface area contributed by atoms with Crippen LogP contribution in [0.4, 0.5) is 0 Å². The van der Waals surface area contributed by atoms with E-state index in [9.17, 15) is 4.79 Å². The number of carbonyl (C=O) groups excluding carboxylic acids is 1. The van der Waals surface area contributed by atoms with Gasteiger partial charge in [-0.25, -0.2) is 0 Å². The number of hydrogen-bond donors (Lipinski definition) is 2. The Labute approximate surface area is 55.6 Å². The number of amides is 1. The van der Waals surface area contributed by atoms with Crippen LogP contribution in [0.3, 0.4) is 0 Å². The van der Waals surface area contributed by atoms with Crippen molar-refractivity contribution < 1.29 is 10.5 Å². The molecule has 4 N–H and O–H groups in total. The van der Waals surface area contributed by atoms with Crippen molar-refractivity contribution in [2.24, 2.45) is 0 Å². The molecule has 0 aliphatic heterocycles. The molecule has 0 aliphatic carbocycles. The molecule has 3 nitrogen and oxygen atoms in total. The number of carbonyl (C=O) groups is 1. The molecule has 0 aromatic rings. The fraction of sp³-hybridized carbons (Fsp3) is 0.833. The standard InChI is InChI=1S/C6H14N2O/c1-4-8-5(9)6(2,3)7/h4,7H2,1-3H3,(H,8,9)/p+1. The summed E-state index contributed by atoms with van der Waals surface area (Å²) in [5.41, 5.74) is 3.19. The molecule has 9 heavy (non-hydrogen) atoms. The lowest BCUT2D eigenvalue weighted by Crippen LogP contribution is -2.75. The summed E-state index contributed by atoms with van der Waals surface area (Å²) in [7, 11) is 0. The number of quaternary nitrogens is 1. The summed E-state index contributed by atoms with van der Waals surface area (Å²) in [6.07, 6.45) is 0. The molecule has 54 valence electrons. The molecular weight excluding hydrogens is 116 g/mol. The van der Waals surface area contributed by atoms with Crippen LogP contribution in [0.2, 0.25) is 0 Å². The normalized spacial score (nSPS) is 11.1. The van der Waals surface area contributed by atoms with E-state index in [0.29, 0.717) is 6.54 Å². The third-order valence-electron chi connectivity index (χ3n) is 0.952. The zero-order chi connectivity index (χ0) is 7.49. The maximum Gasteiger partial charge on any atom is 0.280 e. The summed E-state index contributed by atoms with van der Waals surface area (Å²) in [5.74, 6) is 0.00463. The van der Waals surface area contributed by atoms with Crippen LogP contribution in [0.15, 0.2) is 0 Å². The molecule has 0 saturated carbocycles. The fourth-order valence-corrected chi connectivity index (χ4v) is 0.400. The highest BCUT2D eigenvalue weighted by molar-refractivity contribution is 5.83. The third kappa shape index (κ3) is 3.08. The Morgan fingerprint density at radius 1 is 1.67 bits per heavy atom. The second-order valence-electron chi connectivity index (χ2n) is 2.74. The molecular formula is C6H15N2O+. The Hall–Kier alpha value is -0.570. The molecule has 0 fully saturated rings. The maximum atomic E-state index is 10.9. The first-order chi connectivity index (χ1) is 3.98. The average molecular weight is 131 g/mol. The van der Waals surface area contributed by atoms with Crippen LogP contribution in [0, 0.1) is 0 Å². The van der Waals surface area contributed by atoms with E-state index in [1.807, 2.05) is 6.92 Å². The fourth-order valence-electron chi connectivity index (χ4n) is 0.400. The van der Waals surface area contributed by atoms with Gasteiger partial charge < -0.3 is 11.1 Å². The molecule has 0 bridgehead atoms. The molecule has 0 rings (SSSR count). The smallest absolute Gasteiger partial charge is 0.280 e. The van der Waals surface area contributed by atoms with Gasteiger partial charge in [0.2, 0.25) is 0 Å². The summed E-state index contributed by atoms with van der Waals surface area (Å²) < 4.78 is 0. The first-order valence-electron chi connectivity index (χ1n) is 3.12. The SMILES string of the molecule is CCNC(=O)C(C)(C)[NH3+]. The van der Waals surface area contributed by atoms with Crippen molar-refractivity contribution in [3.8, 4) is 0 Å². The molecule has 0 aromatic heterocycles. The zero-order valence-electron chi connectivity index (χ0n) is 6.32. The van der Waals surface area contributed by atoms with Gasteiger partial charge in [0, 0.05) is 6.54 Å². The summed E-state index contributed by atoms with van der Waals surface area (Å²) in [4.78, 5) is 10.9. The predicted octanol–water partition coefficient (Wildman–Crippen LogP) is -0.857. The summed E-state index contributed by atoms with van der Waals surface area (Å²) in [5, 5.41) is 2.68. The molecule has 0 aromatic carbocycles. The van der Waals surface area contributed by atoms with Crippen LogP contribution in [0.5, 0.6) is 0 Å². The van der Waals surface area contributed by atoms with Crippen molar-refractivity contribution in [2.45, 2.75) is 26.3 Å². The maximum absolute atomic E-state index is 10.9. The second kappa shape index (κ2) is 2.82. The minimum absolute atomic E-state index is 0.00463. The first-order valence-corrected chi connectivity index (χ1v) is 3.12. The lowest BCUT2D eigenvalue weighted by molar-refractivity contribution is -0.446. The highest BCUT2D eigenvalue weighted by atomic mass is 16.2. The van der Waals surface area contributed by atoms with Crippen molar-refractivity contribution in [1.82, 2.24) is 5.32 Å². The third-order valence-corrected chi connectivity index (χ3v) is 0.952.